The van der Waals surface area contributed by atoms with Crippen molar-refractivity contribution in [3.8, 4) is 23.7 Å². The number of hydrogen-bond acceptors (Lipinski definition) is 0. The molecule has 15 heavy (non-hydrogen) atoms. The van der Waals surface area contributed by atoms with Crippen molar-refractivity contribution in [2.75, 3.05) is 4.43 Å². The SMILES string of the molecule is CCCC#CC=CC#CCCCCCI. The Morgan fingerprint density at radius 1 is 0.933 bits per heavy atom. The topological polar surface area (TPSA) is 0 Å². The highest BCUT2D eigenvalue weighted by Crippen LogP contribution is 2.00. The van der Waals surface area contributed by atoms with E-state index in [0.29, 0.717) is 0 Å². The van der Waals surface area contributed by atoms with Crippen molar-refractivity contribution < 1.29 is 0 Å². The smallest absolute Gasteiger partial charge is 0.00922 e. The largest absolute Gasteiger partial charge is 0.0985 e. The number of unbranched alkanes of at least 4 members (excludes halogenated alkanes) is 4. The number of halogens is 1. The van der Waals surface area contributed by atoms with Gasteiger partial charge in [0, 0.05) is 12.8 Å². The van der Waals surface area contributed by atoms with E-state index in [1.54, 1.807) is 0 Å². The Balaban J connectivity index is 3.42. The zero-order valence-corrected chi connectivity index (χ0v) is 11.6. The molecule has 0 N–H and O–H groups in total. The summed E-state index contributed by atoms with van der Waals surface area (Å²) in [5, 5.41) is 0. The van der Waals surface area contributed by atoms with Crippen molar-refractivity contribution in [1.82, 2.24) is 0 Å². The maximum atomic E-state index is 3.13. The number of hydrogen-bond donors (Lipinski definition) is 0. The van der Waals surface area contributed by atoms with Gasteiger partial charge in [0.1, 0.15) is 0 Å². The second-order valence-electron chi connectivity index (χ2n) is 3.23. The fourth-order valence-corrected chi connectivity index (χ4v) is 1.49. The summed E-state index contributed by atoms with van der Waals surface area (Å²) in [4.78, 5) is 0. The van der Waals surface area contributed by atoms with Gasteiger partial charge in [-0.15, -0.1) is 0 Å². The van der Waals surface area contributed by atoms with Crippen LogP contribution in [0.3, 0.4) is 0 Å². The van der Waals surface area contributed by atoms with E-state index in [-0.39, 0.29) is 0 Å². The van der Waals surface area contributed by atoms with Crippen molar-refractivity contribution in [3.63, 3.8) is 0 Å². The zero-order valence-electron chi connectivity index (χ0n) is 9.48. The quantitative estimate of drug-likeness (QED) is 0.306. The van der Waals surface area contributed by atoms with E-state index in [0.717, 1.165) is 19.3 Å². The van der Waals surface area contributed by atoms with Crippen LogP contribution in [0.25, 0.3) is 0 Å². The van der Waals surface area contributed by atoms with Gasteiger partial charge in [0.05, 0.1) is 0 Å². The maximum Gasteiger partial charge on any atom is 0.00922 e. The van der Waals surface area contributed by atoms with Crippen molar-refractivity contribution in [2.24, 2.45) is 0 Å². The fourth-order valence-electron chi connectivity index (χ4n) is 0.955. The van der Waals surface area contributed by atoms with Crippen molar-refractivity contribution in [1.29, 1.82) is 0 Å². The molecule has 0 nitrogen and oxygen atoms in total. The van der Waals surface area contributed by atoms with Crippen LogP contribution in [0.2, 0.25) is 0 Å². The molecule has 0 rings (SSSR count). The molecule has 0 aliphatic carbocycles. The van der Waals surface area contributed by atoms with E-state index in [1.807, 2.05) is 12.2 Å². The normalized spacial score (nSPS) is 9.20. The lowest BCUT2D eigenvalue weighted by molar-refractivity contribution is 0.748. The van der Waals surface area contributed by atoms with E-state index in [9.17, 15) is 0 Å². The predicted molar refractivity (Wildman–Crippen MR) is 77.0 cm³/mol. The first kappa shape index (κ1) is 14.6. The summed E-state index contributed by atoms with van der Waals surface area (Å²) in [7, 11) is 0. The summed E-state index contributed by atoms with van der Waals surface area (Å²) in [5.74, 6) is 12.1. The van der Waals surface area contributed by atoms with Gasteiger partial charge in [0.2, 0.25) is 0 Å². The van der Waals surface area contributed by atoms with Crippen molar-refractivity contribution in [2.45, 2.75) is 45.4 Å². The molecular formula is C14H19I. The highest BCUT2D eigenvalue weighted by molar-refractivity contribution is 14.1. The van der Waals surface area contributed by atoms with Crippen LogP contribution in [-0.4, -0.2) is 4.43 Å². The third-order valence-electron chi connectivity index (χ3n) is 1.76. The lowest BCUT2D eigenvalue weighted by Gasteiger charge is -1.90. The van der Waals surface area contributed by atoms with Gasteiger partial charge in [-0.1, -0.05) is 59.6 Å². The van der Waals surface area contributed by atoms with Crippen LogP contribution in [0.15, 0.2) is 12.2 Å². The molecule has 1 heteroatoms. The number of allylic oxidation sites excluding steroid dienone is 2. The minimum atomic E-state index is 0.980. The molecule has 0 heterocycles. The van der Waals surface area contributed by atoms with Gasteiger partial charge in [-0.25, -0.2) is 0 Å². The molecule has 0 spiro atoms. The molecule has 0 amide bonds. The second-order valence-corrected chi connectivity index (χ2v) is 4.30. The Bertz CT molecular complexity index is 267. The molecule has 0 aliphatic heterocycles. The Morgan fingerprint density at radius 3 is 2.20 bits per heavy atom. The van der Waals surface area contributed by atoms with E-state index in [2.05, 4.69) is 53.2 Å². The molecule has 0 saturated carbocycles. The fraction of sp³-hybridized carbons (Fsp3) is 0.571. The highest BCUT2D eigenvalue weighted by Gasteiger charge is 1.83. The molecule has 0 bridgehead atoms. The molecule has 82 valence electrons. The molecule has 0 atom stereocenters. The van der Waals surface area contributed by atoms with Crippen molar-refractivity contribution in [3.05, 3.63) is 12.2 Å². The minimum absolute atomic E-state index is 0.980. The van der Waals surface area contributed by atoms with E-state index in [1.165, 1.54) is 23.7 Å². The first-order valence-electron chi connectivity index (χ1n) is 5.59. The molecule has 0 aliphatic rings. The Labute approximate surface area is 108 Å². The summed E-state index contributed by atoms with van der Waals surface area (Å²) in [6.45, 7) is 2.13. The standard InChI is InChI=1S/C14H19I/c1-2-3-4-5-6-7-8-9-10-11-12-13-14-15/h6-7H,2-3,10-14H2,1H3. The lowest BCUT2D eigenvalue weighted by atomic mass is 10.2. The van der Waals surface area contributed by atoms with E-state index in [4.69, 9.17) is 0 Å². The summed E-state index contributed by atoms with van der Waals surface area (Å²) in [6.07, 6.45) is 10.7. The third-order valence-corrected chi connectivity index (χ3v) is 2.53. The average Bonchev–Trinajstić information content (AvgIpc) is 2.26. The summed E-state index contributed by atoms with van der Waals surface area (Å²) < 4.78 is 1.26. The summed E-state index contributed by atoms with van der Waals surface area (Å²) in [5.41, 5.74) is 0. The van der Waals surface area contributed by atoms with Crippen LogP contribution in [0, 0.1) is 23.7 Å². The van der Waals surface area contributed by atoms with Crippen LogP contribution in [0.4, 0.5) is 0 Å². The minimum Gasteiger partial charge on any atom is -0.0985 e. The average molecular weight is 314 g/mol. The molecule has 0 saturated heterocycles. The van der Waals surface area contributed by atoms with Crippen LogP contribution in [0.5, 0.6) is 0 Å². The van der Waals surface area contributed by atoms with Gasteiger partial charge in [-0.2, -0.15) is 0 Å². The van der Waals surface area contributed by atoms with Gasteiger partial charge in [-0.3, -0.25) is 0 Å². The van der Waals surface area contributed by atoms with Crippen LogP contribution in [-0.2, 0) is 0 Å². The lowest BCUT2D eigenvalue weighted by Crippen LogP contribution is -1.75. The van der Waals surface area contributed by atoms with Crippen LogP contribution >= 0.6 is 22.6 Å². The second kappa shape index (κ2) is 13.6. The maximum absolute atomic E-state index is 3.13. The van der Waals surface area contributed by atoms with Gasteiger partial charge in [0.25, 0.3) is 0 Å². The van der Waals surface area contributed by atoms with Gasteiger partial charge in [-0.05, 0) is 35.8 Å². The van der Waals surface area contributed by atoms with Crippen molar-refractivity contribution >= 4 is 22.6 Å². The molecule has 0 aromatic heterocycles. The molecule has 0 radical (unpaired) electrons. The van der Waals surface area contributed by atoms with Gasteiger partial charge < -0.3 is 0 Å². The Morgan fingerprint density at radius 2 is 1.60 bits per heavy atom. The number of rotatable bonds is 5. The van der Waals surface area contributed by atoms with Crippen LogP contribution < -0.4 is 0 Å². The molecule has 0 aromatic carbocycles. The summed E-state index contributed by atoms with van der Waals surface area (Å²) >= 11 is 2.42. The number of alkyl halides is 1. The Kier molecular flexibility index (Phi) is 13.2. The third kappa shape index (κ3) is 13.6. The zero-order chi connectivity index (χ0) is 11.2. The first-order valence-corrected chi connectivity index (χ1v) is 7.12. The van der Waals surface area contributed by atoms with E-state index < -0.39 is 0 Å². The Hall–Kier alpha value is -0.410. The molecule has 0 aromatic rings. The summed E-state index contributed by atoms with van der Waals surface area (Å²) in [6, 6.07) is 0. The predicted octanol–water partition coefficient (Wildman–Crippen LogP) is 4.34. The monoisotopic (exact) mass is 314 g/mol. The van der Waals surface area contributed by atoms with Gasteiger partial charge in [0.15, 0.2) is 0 Å². The van der Waals surface area contributed by atoms with Crippen LogP contribution in [0.1, 0.15) is 45.4 Å². The molecule has 0 fully saturated rings. The first-order chi connectivity index (χ1) is 7.41. The van der Waals surface area contributed by atoms with E-state index >= 15 is 0 Å². The molecular weight excluding hydrogens is 295 g/mol. The van der Waals surface area contributed by atoms with Gasteiger partial charge >= 0.3 is 0 Å². The highest BCUT2D eigenvalue weighted by atomic mass is 127. The molecule has 0 unspecified atom stereocenters.